The van der Waals surface area contributed by atoms with Gasteiger partial charge in [-0.1, -0.05) is 6.07 Å². The number of carbonyl (C=O) groups excluding carboxylic acids is 1. The zero-order valence-corrected chi connectivity index (χ0v) is 10.6. The molecule has 1 aliphatic rings. The van der Waals surface area contributed by atoms with Gasteiger partial charge in [0.15, 0.2) is 0 Å². The number of piperazine rings is 1. The first-order valence-corrected chi connectivity index (χ1v) is 5.93. The van der Waals surface area contributed by atoms with Crippen LogP contribution in [0.4, 0.5) is 0 Å². The van der Waals surface area contributed by atoms with E-state index in [2.05, 4.69) is 16.4 Å². The zero-order valence-electron chi connectivity index (χ0n) is 10.6. The van der Waals surface area contributed by atoms with Crippen molar-refractivity contribution in [2.24, 2.45) is 0 Å². The van der Waals surface area contributed by atoms with Gasteiger partial charge in [0.05, 0.1) is 5.54 Å². The van der Waals surface area contributed by atoms with Gasteiger partial charge in [-0.05, 0) is 19.9 Å². The van der Waals surface area contributed by atoms with E-state index in [0.29, 0.717) is 18.8 Å². The van der Waals surface area contributed by atoms with E-state index in [-0.39, 0.29) is 5.91 Å². The van der Waals surface area contributed by atoms with E-state index in [4.69, 9.17) is 5.26 Å². The fraction of sp³-hybridized carbons (Fsp3) is 0.462. The van der Waals surface area contributed by atoms with E-state index >= 15 is 0 Å². The summed E-state index contributed by atoms with van der Waals surface area (Å²) in [5, 5.41) is 12.2. The first-order valence-electron chi connectivity index (χ1n) is 5.93. The van der Waals surface area contributed by atoms with Gasteiger partial charge in [0, 0.05) is 31.4 Å². The third-order valence-electron chi connectivity index (χ3n) is 3.13. The first-order chi connectivity index (χ1) is 8.54. The molecule has 5 nitrogen and oxygen atoms in total. The summed E-state index contributed by atoms with van der Waals surface area (Å²) in [4.78, 5) is 18.0. The van der Waals surface area contributed by atoms with Crippen LogP contribution in [-0.2, 0) is 11.3 Å². The van der Waals surface area contributed by atoms with E-state index in [1.807, 2.05) is 19.9 Å². The molecule has 0 saturated carbocycles. The number of nitrogens with zero attached hydrogens (tertiary/aromatic N) is 3. The number of nitriles is 1. The fourth-order valence-electron chi connectivity index (χ4n) is 2.10. The van der Waals surface area contributed by atoms with Gasteiger partial charge in [-0.25, -0.2) is 4.98 Å². The van der Waals surface area contributed by atoms with Crippen molar-refractivity contribution in [3.05, 3.63) is 29.6 Å². The first kappa shape index (κ1) is 12.5. The molecule has 94 valence electrons. The van der Waals surface area contributed by atoms with Crippen LogP contribution in [0.3, 0.4) is 0 Å². The number of hydrogen-bond donors (Lipinski definition) is 1. The predicted molar refractivity (Wildman–Crippen MR) is 66.5 cm³/mol. The maximum Gasteiger partial charge on any atom is 0.242 e. The van der Waals surface area contributed by atoms with Gasteiger partial charge in [0.1, 0.15) is 11.8 Å². The largest absolute Gasteiger partial charge is 0.335 e. The van der Waals surface area contributed by atoms with E-state index in [0.717, 1.165) is 12.1 Å². The Kier molecular flexibility index (Phi) is 3.30. The Morgan fingerprint density at radius 3 is 3.11 bits per heavy atom. The molecule has 0 aliphatic carbocycles. The van der Waals surface area contributed by atoms with E-state index in [1.54, 1.807) is 17.2 Å². The highest BCUT2D eigenvalue weighted by molar-refractivity contribution is 5.86. The van der Waals surface area contributed by atoms with Crippen molar-refractivity contribution in [2.75, 3.05) is 13.1 Å². The standard InChI is InChI=1S/C13H16N4O/c1-13(2)12(18)17(7-6-16-13)9-10-4-3-5-15-11(10)8-14/h3-5,16H,6-7,9H2,1-2H3. The minimum atomic E-state index is -0.534. The Morgan fingerprint density at radius 2 is 2.39 bits per heavy atom. The van der Waals surface area contributed by atoms with Gasteiger partial charge >= 0.3 is 0 Å². The van der Waals surface area contributed by atoms with Crippen molar-refractivity contribution in [1.29, 1.82) is 5.26 Å². The molecule has 0 unspecified atom stereocenters. The fourth-order valence-corrected chi connectivity index (χ4v) is 2.10. The van der Waals surface area contributed by atoms with Gasteiger partial charge < -0.3 is 10.2 Å². The van der Waals surface area contributed by atoms with Crippen molar-refractivity contribution in [1.82, 2.24) is 15.2 Å². The van der Waals surface area contributed by atoms with E-state index in [1.165, 1.54) is 0 Å². The molecule has 1 amide bonds. The Balaban J connectivity index is 2.19. The van der Waals surface area contributed by atoms with Crippen LogP contribution in [0, 0.1) is 11.3 Å². The number of nitrogens with one attached hydrogen (secondary N) is 1. The maximum absolute atomic E-state index is 12.2. The average Bonchev–Trinajstić information content (AvgIpc) is 2.35. The molecule has 1 fully saturated rings. The van der Waals surface area contributed by atoms with Crippen LogP contribution in [0.2, 0.25) is 0 Å². The Hall–Kier alpha value is -1.93. The summed E-state index contributed by atoms with van der Waals surface area (Å²) in [5.41, 5.74) is 0.653. The van der Waals surface area contributed by atoms with Crippen molar-refractivity contribution in [3.63, 3.8) is 0 Å². The molecule has 18 heavy (non-hydrogen) atoms. The smallest absolute Gasteiger partial charge is 0.242 e. The van der Waals surface area contributed by atoms with Crippen LogP contribution in [0.15, 0.2) is 18.3 Å². The lowest BCUT2D eigenvalue weighted by Gasteiger charge is -2.38. The molecule has 0 radical (unpaired) electrons. The SMILES string of the molecule is CC1(C)NCCN(Cc2cccnc2C#N)C1=O. The number of carbonyl (C=O) groups is 1. The molecule has 1 aromatic heterocycles. The lowest BCUT2D eigenvalue weighted by Crippen LogP contribution is -2.60. The van der Waals surface area contributed by atoms with Crippen LogP contribution in [0.25, 0.3) is 0 Å². The summed E-state index contributed by atoms with van der Waals surface area (Å²) in [6.07, 6.45) is 1.59. The van der Waals surface area contributed by atoms with E-state index < -0.39 is 5.54 Å². The highest BCUT2D eigenvalue weighted by Gasteiger charge is 2.35. The van der Waals surface area contributed by atoms with Gasteiger partial charge in [0.25, 0.3) is 0 Å². The number of hydrogen-bond acceptors (Lipinski definition) is 4. The average molecular weight is 244 g/mol. The Morgan fingerprint density at radius 1 is 1.61 bits per heavy atom. The predicted octanol–water partition coefficient (Wildman–Crippen LogP) is 0.664. The molecule has 0 bridgehead atoms. The lowest BCUT2D eigenvalue weighted by atomic mass is 10.00. The summed E-state index contributed by atoms with van der Waals surface area (Å²) in [6, 6.07) is 5.68. The molecule has 1 aromatic rings. The molecular weight excluding hydrogens is 228 g/mol. The molecule has 1 N–H and O–H groups in total. The molecule has 2 rings (SSSR count). The number of rotatable bonds is 2. The second-order valence-electron chi connectivity index (χ2n) is 4.90. The van der Waals surface area contributed by atoms with E-state index in [9.17, 15) is 4.79 Å². The van der Waals surface area contributed by atoms with Crippen molar-refractivity contribution < 1.29 is 4.79 Å². The third kappa shape index (κ3) is 2.34. The number of pyridine rings is 1. The minimum Gasteiger partial charge on any atom is -0.335 e. The van der Waals surface area contributed by atoms with Crippen LogP contribution in [0.1, 0.15) is 25.1 Å². The number of aromatic nitrogens is 1. The molecular formula is C13H16N4O. The van der Waals surface area contributed by atoms with Crippen LogP contribution >= 0.6 is 0 Å². The third-order valence-corrected chi connectivity index (χ3v) is 3.13. The van der Waals surface area contributed by atoms with Gasteiger partial charge in [0.2, 0.25) is 5.91 Å². The summed E-state index contributed by atoms with van der Waals surface area (Å²) >= 11 is 0. The van der Waals surface area contributed by atoms with Gasteiger partial charge in [-0.2, -0.15) is 5.26 Å². The minimum absolute atomic E-state index is 0.0569. The molecule has 1 saturated heterocycles. The summed E-state index contributed by atoms with van der Waals surface area (Å²) in [5.74, 6) is 0.0569. The maximum atomic E-state index is 12.2. The lowest BCUT2D eigenvalue weighted by molar-refractivity contribution is -0.140. The highest BCUT2D eigenvalue weighted by atomic mass is 16.2. The van der Waals surface area contributed by atoms with Crippen molar-refractivity contribution in [2.45, 2.75) is 25.9 Å². The van der Waals surface area contributed by atoms with Crippen molar-refractivity contribution >= 4 is 5.91 Å². The number of amides is 1. The monoisotopic (exact) mass is 244 g/mol. The molecule has 1 aliphatic heterocycles. The molecule has 0 spiro atoms. The highest BCUT2D eigenvalue weighted by Crippen LogP contribution is 2.16. The summed E-state index contributed by atoms with van der Waals surface area (Å²) in [7, 11) is 0. The molecule has 0 atom stereocenters. The van der Waals surface area contributed by atoms with Crippen LogP contribution < -0.4 is 5.32 Å². The van der Waals surface area contributed by atoms with Crippen molar-refractivity contribution in [3.8, 4) is 6.07 Å². The van der Waals surface area contributed by atoms with Crippen LogP contribution in [-0.4, -0.2) is 34.4 Å². The van der Waals surface area contributed by atoms with Gasteiger partial charge in [-0.3, -0.25) is 4.79 Å². The Labute approximate surface area is 106 Å². The second-order valence-corrected chi connectivity index (χ2v) is 4.90. The topological polar surface area (TPSA) is 69.0 Å². The Bertz CT molecular complexity index is 504. The summed E-state index contributed by atoms with van der Waals surface area (Å²) in [6.45, 7) is 5.61. The second kappa shape index (κ2) is 4.75. The molecule has 0 aromatic carbocycles. The zero-order chi connectivity index (χ0) is 13.2. The summed E-state index contributed by atoms with van der Waals surface area (Å²) < 4.78 is 0. The molecule has 2 heterocycles. The van der Waals surface area contributed by atoms with Gasteiger partial charge in [-0.15, -0.1) is 0 Å². The normalized spacial score (nSPS) is 18.5. The molecule has 5 heteroatoms. The quantitative estimate of drug-likeness (QED) is 0.830. The van der Waals surface area contributed by atoms with Crippen LogP contribution in [0.5, 0.6) is 0 Å².